The fourth-order valence-corrected chi connectivity index (χ4v) is 3.39. The van der Waals surface area contributed by atoms with Crippen LogP contribution in [0.3, 0.4) is 0 Å². The normalized spacial score (nSPS) is 13.0. The summed E-state index contributed by atoms with van der Waals surface area (Å²) in [5.74, 6) is -0.962. The fourth-order valence-electron chi connectivity index (χ4n) is 3.39. The first-order valence-corrected chi connectivity index (χ1v) is 10.2. The maximum absolute atomic E-state index is 11.1. The van der Waals surface area contributed by atoms with Crippen molar-refractivity contribution in [1.82, 2.24) is 4.90 Å². The topological polar surface area (TPSA) is 43.4 Å². The monoisotopic (exact) mass is 373 g/mol. The maximum atomic E-state index is 11.1. The zero-order chi connectivity index (χ0) is 18.9. The van der Waals surface area contributed by atoms with Gasteiger partial charge in [0.15, 0.2) is 0 Å². The summed E-state index contributed by atoms with van der Waals surface area (Å²) in [5.41, 5.74) is 0. The van der Waals surface area contributed by atoms with Crippen LogP contribution < -0.4 is 34.7 Å². The van der Waals surface area contributed by atoms with Gasteiger partial charge in [-0.3, -0.25) is 4.90 Å². The molecule has 26 heavy (non-hydrogen) atoms. The van der Waals surface area contributed by atoms with Crippen molar-refractivity contribution in [2.75, 3.05) is 6.54 Å². The van der Waals surface area contributed by atoms with Gasteiger partial charge in [-0.1, -0.05) is 50.7 Å². The van der Waals surface area contributed by atoms with Gasteiger partial charge in [0, 0.05) is 18.6 Å². The summed E-state index contributed by atoms with van der Waals surface area (Å²) in [5, 5.41) is 11.1. The van der Waals surface area contributed by atoms with Crippen molar-refractivity contribution < 1.29 is 39.5 Å². The number of carbonyl (C=O) groups is 1. The molecule has 0 heterocycles. The Kier molecular flexibility index (Phi) is 21.3. The second-order valence-corrected chi connectivity index (χ2v) is 7.30. The van der Waals surface area contributed by atoms with E-state index in [0.29, 0.717) is 12.1 Å². The number of allylic oxidation sites excluding steroid dienone is 2. The van der Waals surface area contributed by atoms with E-state index >= 15 is 0 Å². The van der Waals surface area contributed by atoms with Gasteiger partial charge in [-0.25, -0.2) is 0 Å². The Morgan fingerprint density at radius 3 is 1.58 bits per heavy atom. The van der Waals surface area contributed by atoms with Crippen molar-refractivity contribution >= 4 is 5.97 Å². The number of unbranched alkanes of at least 4 members (excludes halogenated alkanes) is 8. The number of hydrogen-bond acceptors (Lipinski definition) is 3. The maximum Gasteiger partial charge on any atom is 1.00 e. The summed E-state index contributed by atoms with van der Waals surface area (Å²) in [4.78, 5) is 13.3. The molecule has 0 saturated carbocycles. The molecule has 0 amide bonds. The number of carbonyl (C=O) groups excluding carboxylic acids is 1. The molecular weight excluding hydrogens is 333 g/mol. The molecule has 0 aromatic heterocycles. The fraction of sp³-hybridized carbons (Fsp3) is 0.773. The quantitative estimate of drug-likeness (QED) is 0.209. The van der Waals surface area contributed by atoms with Crippen LogP contribution in [0.1, 0.15) is 90.9 Å². The molecule has 0 N–H and O–H groups in total. The molecule has 0 aliphatic heterocycles. The Morgan fingerprint density at radius 2 is 1.23 bits per heavy atom. The molecule has 0 rings (SSSR count). The summed E-state index contributed by atoms with van der Waals surface area (Å²) in [6.07, 6.45) is 17.9. The summed E-state index contributed by atoms with van der Waals surface area (Å²) < 4.78 is 0. The van der Waals surface area contributed by atoms with Crippen LogP contribution in [-0.2, 0) is 4.79 Å². The van der Waals surface area contributed by atoms with Gasteiger partial charge in [0.05, 0.1) is 5.97 Å². The van der Waals surface area contributed by atoms with Gasteiger partial charge in [0.25, 0.3) is 0 Å². The third-order valence-corrected chi connectivity index (χ3v) is 5.00. The minimum absolute atomic E-state index is 0. The second-order valence-electron chi connectivity index (χ2n) is 7.30. The second kappa shape index (κ2) is 19.7. The summed E-state index contributed by atoms with van der Waals surface area (Å²) >= 11 is 0. The number of nitrogens with zero attached hydrogens (tertiary/aromatic N) is 1. The van der Waals surface area contributed by atoms with E-state index in [1.54, 1.807) is 0 Å². The van der Waals surface area contributed by atoms with E-state index in [0.717, 1.165) is 38.5 Å². The van der Waals surface area contributed by atoms with E-state index in [-0.39, 0.29) is 36.1 Å². The van der Waals surface area contributed by atoms with Crippen LogP contribution in [0, 0.1) is 0 Å². The third kappa shape index (κ3) is 16.1. The van der Waals surface area contributed by atoms with Crippen molar-refractivity contribution in [1.29, 1.82) is 0 Å². The summed E-state index contributed by atoms with van der Waals surface area (Å²) in [6, 6.07) is 0.598. The first kappa shape index (κ1) is 28.1. The van der Waals surface area contributed by atoms with Crippen LogP contribution in [0.15, 0.2) is 25.3 Å². The molecule has 0 bridgehead atoms. The Morgan fingerprint density at radius 1 is 0.846 bits per heavy atom. The van der Waals surface area contributed by atoms with Gasteiger partial charge in [0.1, 0.15) is 0 Å². The molecule has 0 saturated heterocycles. The smallest absolute Gasteiger partial charge is 0.549 e. The van der Waals surface area contributed by atoms with E-state index in [1.165, 1.54) is 38.5 Å². The Balaban J connectivity index is 0. The molecule has 0 aliphatic rings. The first-order chi connectivity index (χ1) is 12.0. The molecule has 3 nitrogen and oxygen atoms in total. The third-order valence-electron chi connectivity index (χ3n) is 5.00. The first-order valence-electron chi connectivity index (χ1n) is 10.2. The number of carboxylic acids is 1. The van der Waals surface area contributed by atoms with Gasteiger partial charge >= 0.3 is 29.6 Å². The Hall–Kier alpha value is -0.0900. The predicted molar refractivity (Wildman–Crippen MR) is 106 cm³/mol. The predicted octanol–water partition coefficient (Wildman–Crippen LogP) is 1.87. The molecule has 2 atom stereocenters. The van der Waals surface area contributed by atoms with Gasteiger partial charge < -0.3 is 9.90 Å². The average molecular weight is 374 g/mol. The van der Waals surface area contributed by atoms with Crippen LogP contribution in [0.25, 0.3) is 0 Å². The number of rotatable bonds is 18. The molecule has 4 heteroatoms. The summed E-state index contributed by atoms with van der Waals surface area (Å²) in [7, 11) is 0. The van der Waals surface area contributed by atoms with Crippen LogP contribution >= 0.6 is 0 Å². The molecule has 0 fully saturated rings. The number of aliphatic carboxylic acids is 1. The van der Waals surface area contributed by atoms with E-state index in [9.17, 15) is 9.90 Å². The Bertz CT molecular complexity index is 334. The average Bonchev–Trinajstić information content (AvgIpc) is 2.58. The SMILES string of the molecule is C=CCCCCCCC(C)N(CC(=O)[O-])C(C)CCCCCCC=C.[Na+]. The number of carboxylic acid groups (broad SMARTS) is 1. The molecule has 0 aromatic rings. The standard InChI is InChI=1S/C22H41NO2.Na/c1-5-7-9-11-13-15-17-20(3)23(19-22(24)25)21(4)18-16-14-12-10-8-6-2;/h5-6,20-21H,1-2,7-19H2,3-4H3,(H,24,25);/q;+1/p-1. The van der Waals surface area contributed by atoms with Crippen molar-refractivity contribution in [2.24, 2.45) is 0 Å². The van der Waals surface area contributed by atoms with Gasteiger partial charge in [-0.2, -0.15) is 0 Å². The van der Waals surface area contributed by atoms with Gasteiger partial charge in [0.2, 0.25) is 0 Å². The molecule has 0 aromatic carbocycles. The molecule has 0 radical (unpaired) electrons. The largest absolute Gasteiger partial charge is 1.00 e. The van der Waals surface area contributed by atoms with E-state index < -0.39 is 5.97 Å². The minimum atomic E-state index is -0.962. The molecular formula is C22H40NNaO2. The van der Waals surface area contributed by atoms with Crippen molar-refractivity contribution in [3.05, 3.63) is 25.3 Å². The van der Waals surface area contributed by atoms with Crippen molar-refractivity contribution in [2.45, 2.75) is 103 Å². The molecule has 0 spiro atoms. The number of hydrogen-bond donors (Lipinski definition) is 0. The van der Waals surface area contributed by atoms with Gasteiger partial charge in [-0.15, -0.1) is 13.2 Å². The van der Waals surface area contributed by atoms with Crippen LogP contribution in [0.4, 0.5) is 0 Å². The zero-order valence-corrected chi connectivity index (χ0v) is 19.7. The van der Waals surface area contributed by atoms with Gasteiger partial charge in [-0.05, 0) is 52.4 Å². The molecule has 2 unspecified atom stereocenters. The van der Waals surface area contributed by atoms with E-state index in [4.69, 9.17) is 0 Å². The zero-order valence-electron chi connectivity index (χ0n) is 17.7. The van der Waals surface area contributed by atoms with Crippen LogP contribution in [0.2, 0.25) is 0 Å². The van der Waals surface area contributed by atoms with Crippen LogP contribution in [-0.4, -0.2) is 29.5 Å². The molecule has 0 aliphatic carbocycles. The van der Waals surface area contributed by atoms with Crippen molar-refractivity contribution in [3.8, 4) is 0 Å². The minimum Gasteiger partial charge on any atom is -0.549 e. The van der Waals surface area contributed by atoms with E-state index in [1.807, 2.05) is 12.2 Å². The van der Waals surface area contributed by atoms with Crippen molar-refractivity contribution in [3.63, 3.8) is 0 Å². The van der Waals surface area contributed by atoms with E-state index in [2.05, 4.69) is 31.9 Å². The van der Waals surface area contributed by atoms with Crippen LogP contribution in [0.5, 0.6) is 0 Å². The summed E-state index contributed by atoms with van der Waals surface area (Å²) in [6.45, 7) is 11.9. The Labute approximate surface area is 184 Å². The molecule has 146 valence electrons.